The van der Waals surface area contributed by atoms with Crippen LogP contribution in [0.3, 0.4) is 0 Å². The van der Waals surface area contributed by atoms with E-state index in [0.717, 1.165) is 17.7 Å². The van der Waals surface area contributed by atoms with Gasteiger partial charge in [0.1, 0.15) is 11.4 Å². The third-order valence-electron chi connectivity index (χ3n) is 4.25. The van der Waals surface area contributed by atoms with Gasteiger partial charge in [0.2, 0.25) is 0 Å². The number of nitrogens with zero attached hydrogens (tertiary/aromatic N) is 2. The number of benzene rings is 1. The highest BCUT2D eigenvalue weighted by molar-refractivity contribution is 5.87. The second-order valence-electron chi connectivity index (χ2n) is 6.06. The standard InChI is InChI=1S/C21H20N2O4/c1-3-6-16-17(11-9-14-7-4-5-8-18(14)27-2)22-19-12-10-15(21(25)26)13-23(19)20(16)24/h4-5,7-13H,3,6H2,1-2H3,(H,25,26). The molecule has 0 bridgehead atoms. The summed E-state index contributed by atoms with van der Waals surface area (Å²) in [5.41, 5.74) is 2.23. The number of aromatic carboxylic acids is 1. The molecule has 0 fully saturated rings. The summed E-state index contributed by atoms with van der Waals surface area (Å²) in [6.45, 7) is 1.98. The van der Waals surface area contributed by atoms with Crippen molar-refractivity contribution in [3.05, 3.63) is 75.3 Å². The smallest absolute Gasteiger partial charge is 0.337 e. The van der Waals surface area contributed by atoms with Crippen LogP contribution in [0.5, 0.6) is 5.75 Å². The molecule has 0 atom stereocenters. The van der Waals surface area contributed by atoms with Crippen LogP contribution < -0.4 is 10.3 Å². The van der Waals surface area contributed by atoms with Gasteiger partial charge in [-0.3, -0.25) is 9.20 Å². The number of carboxylic acid groups (broad SMARTS) is 1. The Morgan fingerprint density at radius 2 is 2.00 bits per heavy atom. The number of rotatable bonds is 6. The van der Waals surface area contributed by atoms with Crippen LogP contribution in [-0.4, -0.2) is 27.6 Å². The molecule has 1 N–H and O–H groups in total. The highest BCUT2D eigenvalue weighted by Gasteiger charge is 2.12. The van der Waals surface area contributed by atoms with Crippen molar-refractivity contribution >= 4 is 23.8 Å². The third kappa shape index (κ3) is 3.74. The zero-order chi connectivity index (χ0) is 19.4. The van der Waals surface area contributed by atoms with Crippen molar-refractivity contribution in [2.45, 2.75) is 19.8 Å². The Morgan fingerprint density at radius 1 is 1.22 bits per heavy atom. The van der Waals surface area contributed by atoms with E-state index in [1.165, 1.54) is 16.7 Å². The summed E-state index contributed by atoms with van der Waals surface area (Å²) in [5.74, 6) is -0.351. The molecule has 138 valence electrons. The first-order chi connectivity index (χ1) is 13.0. The minimum absolute atomic E-state index is 0.0474. The Balaban J connectivity index is 2.15. The van der Waals surface area contributed by atoms with Gasteiger partial charge >= 0.3 is 5.97 Å². The number of carbonyl (C=O) groups is 1. The summed E-state index contributed by atoms with van der Waals surface area (Å²) in [4.78, 5) is 28.7. The molecule has 0 unspecified atom stereocenters. The van der Waals surface area contributed by atoms with Crippen molar-refractivity contribution in [1.82, 2.24) is 9.38 Å². The van der Waals surface area contributed by atoms with E-state index in [1.54, 1.807) is 19.3 Å². The summed E-state index contributed by atoms with van der Waals surface area (Å²) >= 11 is 0. The number of carboxylic acids is 1. The van der Waals surface area contributed by atoms with Crippen LogP contribution in [0.4, 0.5) is 0 Å². The molecule has 0 amide bonds. The van der Waals surface area contributed by atoms with Gasteiger partial charge in [0, 0.05) is 17.3 Å². The maximum Gasteiger partial charge on any atom is 0.337 e. The highest BCUT2D eigenvalue weighted by atomic mass is 16.5. The van der Waals surface area contributed by atoms with E-state index in [0.29, 0.717) is 23.3 Å². The molecule has 1 aromatic carbocycles. The molecule has 0 saturated carbocycles. The van der Waals surface area contributed by atoms with Crippen molar-refractivity contribution in [3.8, 4) is 5.75 Å². The van der Waals surface area contributed by atoms with Gasteiger partial charge in [-0.2, -0.15) is 0 Å². The fourth-order valence-electron chi connectivity index (χ4n) is 2.91. The fraction of sp³-hybridized carbons (Fsp3) is 0.190. The molecule has 0 aliphatic carbocycles. The van der Waals surface area contributed by atoms with E-state index in [1.807, 2.05) is 37.3 Å². The summed E-state index contributed by atoms with van der Waals surface area (Å²) < 4.78 is 6.65. The Labute approximate surface area is 156 Å². The van der Waals surface area contributed by atoms with E-state index >= 15 is 0 Å². The summed E-state index contributed by atoms with van der Waals surface area (Å²) in [6.07, 6.45) is 6.31. The Hall–Kier alpha value is -3.41. The van der Waals surface area contributed by atoms with Crippen LogP contribution in [0.1, 0.15) is 40.5 Å². The van der Waals surface area contributed by atoms with E-state index < -0.39 is 5.97 Å². The third-order valence-corrected chi connectivity index (χ3v) is 4.25. The maximum absolute atomic E-state index is 12.9. The normalized spacial score (nSPS) is 11.2. The number of aromatic nitrogens is 2. The van der Waals surface area contributed by atoms with E-state index in [-0.39, 0.29) is 11.1 Å². The maximum atomic E-state index is 12.9. The van der Waals surface area contributed by atoms with Gasteiger partial charge in [0.05, 0.1) is 18.4 Å². The van der Waals surface area contributed by atoms with Crippen molar-refractivity contribution in [3.63, 3.8) is 0 Å². The molecular weight excluding hydrogens is 344 g/mol. The predicted molar refractivity (Wildman–Crippen MR) is 104 cm³/mol. The largest absolute Gasteiger partial charge is 0.496 e. The number of fused-ring (bicyclic) bond motifs is 1. The first kappa shape index (κ1) is 18.4. The van der Waals surface area contributed by atoms with Gasteiger partial charge in [-0.15, -0.1) is 0 Å². The van der Waals surface area contributed by atoms with Gasteiger partial charge in [0.25, 0.3) is 5.56 Å². The molecule has 2 heterocycles. The molecule has 0 radical (unpaired) electrons. The molecular formula is C21H20N2O4. The zero-order valence-corrected chi connectivity index (χ0v) is 15.2. The van der Waals surface area contributed by atoms with Gasteiger partial charge in [0.15, 0.2) is 0 Å². The predicted octanol–water partition coefficient (Wildman–Crippen LogP) is 3.52. The van der Waals surface area contributed by atoms with Crippen LogP contribution in [-0.2, 0) is 6.42 Å². The number of para-hydroxylation sites is 1. The van der Waals surface area contributed by atoms with Crippen LogP contribution in [0.25, 0.3) is 17.8 Å². The first-order valence-corrected chi connectivity index (χ1v) is 8.64. The quantitative estimate of drug-likeness (QED) is 0.724. The van der Waals surface area contributed by atoms with Gasteiger partial charge in [-0.25, -0.2) is 9.78 Å². The van der Waals surface area contributed by atoms with Crippen LogP contribution in [0.15, 0.2) is 47.4 Å². The van der Waals surface area contributed by atoms with Crippen molar-refractivity contribution in [2.75, 3.05) is 7.11 Å². The molecule has 6 heteroatoms. The fourth-order valence-corrected chi connectivity index (χ4v) is 2.91. The first-order valence-electron chi connectivity index (χ1n) is 8.64. The number of hydrogen-bond acceptors (Lipinski definition) is 4. The number of hydrogen-bond donors (Lipinski definition) is 1. The summed E-state index contributed by atoms with van der Waals surface area (Å²) in [6, 6.07) is 10.6. The molecule has 0 saturated heterocycles. The van der Waals surface area contributed by atoms with Gasteiger partial charge in [-0.1, -0.05) is 31.5 Å². The minimum atomic E-state index is -1.08. The van der Waals surface area contributed by atoms with Crippen molar-refractivity contribution in [2.24, 2.45) is 0 Å². The van der Waals surface area contributed by atoms with Gasteiger partial charge < -0.3 is 9.84 Å². The lowest BCUT2D eigenvalue weighted by atomic mass is 10.1. The SMILES string of the molecule is CCCc1c(C=Cc2ccccc2OC)nc2ccc(C(=O)O)cn2c1=O. The van der Waals surface area contributed by atoms with Crippen LogP contribution in [0.2, 0.25) is 0 Å². The lowest BCUT2D eigenvalue weighted by Crippen LogP contribution is -2.22. The van der Waals surface area contributed by atoms with Crippen molar-refractivity contribution in [1.29, 1.82) is 0 Å². The molecule has 27 heavy (non-hydrogen) atoms. The van der Waals surface area contributed by atoms with E-state index in [9.17, 15) is 9.59 Å². The Kier molecular flexibility index (Phi) is 5.35. The molecule has 3 rings (SSSR count). The summed E-state index contributed by atoms with van der Waals surface area (Å²) in [7, 11) is 1.61. The lowest BCUT2D eigenvalue weighted by molar-refractivity contribution is 0.0696. The number of pyridine rings is 1. The van der Waals surface area contributed by atoms with E-state index in [4.69, 9.17) is 9.84 Å². The Morgan fingerprint density at radius 3 is 2.70 bits per heavy atom. The van der Waals surface area contributed by atoms with Gasteiger partial charge in [-0.05, 0) is 36.8 Å². The second-order valence-corrected chi connectivity index (χ2v) is 6.06. The average molecular weight is 364 g/mol. The average Bonchev–Trinajstić information content (AvgIpc) is 2.68. The molecule has 0 spiro atoms. The molecule has 0 aliphatic heterocycles. The molecule has 6 nitrogen and oxygen atoms in total. The highest BCUT2D eigenvalue weighted by Crippen LogP contribution is 2.20. The lowest BCUT2D eigenvalue weighted by Gasteiger charge is -2.09. The van der Waals surface area contributed by atoms with E-state index in [2.05, 4.69) is 4.98 Å². The number of ether oxygens (including phenoxy) is 1. The monoisotopic (exact) mass is 364 g/mol. The summed E-state index contributed by atoms with van der Waals surface area (Å²) in [5, 5.41) is 9.16. The molecule has 0 aliphatic rings. The Bertz CT molecular complexity index is 1080. The minimum Gasteiger partial charge on any atom is -0.496 e. The zero-order valence-electron chi connectivity index (χ0n) is 15.2. The van der Waals surface area contributed by atoms with Crippen molar-refractivity contribution < 1.29 is 14.6 Å². The second kappa shape index (κ2) is 7.86. The molecule has 2 aromatic heterocycles. The topological polar surface area (TPSA) is 80.9 Å². The number of methoxy groups -OCH3 is 1. The van der Waals surface area contributed by atoms with Crippen LogP contribution >= 0.6 is 0 Å². The van der Waals surface area contributed by atoms with Crippen LogP contribution in [0, 0.1) is 0 Å². The molecule has 3 aromatic rings.